The first kappa shape index (κ1) is 35.2. The normalized spacial score (nSPS) is 29.7. The van der Waals surface area contributed by atoms with Crippen LogP contribution < -0.4 is 9.80 Å². The van der Waals surface area contributed by atoms with Crippen LogP contribution in [0.1, 0.15) is 88.2 Å². The largest absolute Gasteiger partial charge is 0.307 e. The fourth-order valence-electron chi connectivity index (χ4n) is 15.3. The Morgan fingerprint density at radius 2 is 0.650 bits per heavy atom. The van der Waals surface area contributed by atoms with E-state index in [0.29, 0.717) is 0 Å². The monoisotopic (exact) mass is 784 g/mol. The molecule has 6 nitrogen and oxygen atoms in total. The fourth-order valence-corrected chi connectivity index (χ4v) is 15.3. The van der Waals surface area contributed by atoms with Gasteiger partial charge in [0.2, 0.25) is 0 Å². The maximum Gasteiger partial charge on any atom is 0.0645 e. The summed E-state index contributed by atoms with van der Waals surface area (Å²) < 4.78 is 0. The molecule has 60 heavy (non-hydrogen) atoms. The lowest BCUT2D eigenvalue weighted by molar-refractivity contribution is -0.00493. The molecule has 0 spiro atoms. The predicted molar refractivity (Wildman–Crippen MR) is 242 cm³/mol. The minimum Gasteiger partial charge on any atom is -0.307 e. The molecule has 8 bridgehead atoms. The molecule has 7 aromatic rings. The van der Waals surface area contributed by atoms with Crippen molar-refractivity contribution in [3.05, 3.63) is 146 Å². The third kappa shape index (κ3) is 5.51. The number of fused-ring (bicyclic) bond motifs is 2. The minimum absolute atomic E-state index is 0.172. The van der Waals surface area contributed by atoms with Gasteiger partial charge in [-0.1, -0.05) is 12.1 Å². The van der Waals surface area contributed by atoms with Crippen molar-refractivity contribution >= 4 is 55.7 Å². The van der Waals surface area contributed by atoms with Gasteiger partial charge in [0.15, 0.2) is 0 Å². The van der Waals surface area contributed by atoms with Gasteiger partial charge in [-0.15, -0.1) is 0 Å². The van der Waals surface area contributed by atoms with Gasteiger partial charge in [0, 0.05) is 36.2 Å². The lowest BCUT2D eigenvalue weighted by atomic mass is 9.46. The van der Waals surface area contributed by atoms with Crippen LogP contribution in [0, 0.1) is 35.5 Å². The summed E-state index contributed by atoms with van der Waals surface area (Å²) in [5.74, 6) is 5.00. The first-order chi connectivity index (χ1) is 29.6. The van der Waals surface area contributed by atoms with Gasteiger partial charge in [0.25, 0.3) is 0 Å². The molecule has 0 radical (unpaired) electrons. The van der Waals surface area contributed by atoms with E-state index in [1.807, 2.05) is 49.6 Å². The third-order valence-corrected chi connectivity index (χ3v) is 16.4. The van der Waals surface area contributed by atoms with Gasteiger partial charge in [0.1, 0.15) is 0 Å². The van der Waals surface area contributed by atoms with Crippen LogP contribution in [0.5, 0.6) is 0 Å². The second kappa shape index (κ2) is 13.4. The van der Waals surface area contributed by atoms with Gasteiger partial charge in [0.05, 0.1) is 47.5 Å². The van der Waals surface area contributed by atoms with E-state index in [-0.39, 0.29) is 10.8 Å². The van der Waals surface area contributed by atoms with Crippen LogP contribution in [0.15, 0.2) is 135 Å². The number of benzene rings is 3. The Labute approximate surface area is 353 Å². The number of hydrogen-bond acceptors (Lipinski definition) is 6. The van der Waals surface area contributed by atoms with Crippen molar-refractivity contribution in [2.45, 2.75) is 87.9 Å². The first-order valence-electron chi connectivity index (χ1n) is 22.8. The van der Waals surface area contributed by atoms with Crippen LogP contribution >= 0.6 is 0 Å². The van der Waals surface area contributed by atoms with Crippen LogP contribution in [0.3, 0.4) is 0 Å². The Balaban J connectivity index is 1.13. The van der Waals surface area contributed by atoms with E-state index in [2.05, 4.69) is 115 Å². The summed E-state index contributed by atoms with van der Waals surface area (Å²) in [4.78, 5) is 23.2. The molecule has 8 fully saturated rings. The number of rotatable bonds is 8. The van der Waals surface area contributed by atoms with Crippen molar-refractivity contribution in [3.8, 4) is 0 Å². The van der Waals surface area contributed by atoms with Crippen molar-refractivity contribution in [1.82, 2.24) is 19.9 Å². The average Bonchev–Trinajstić information content (AvgIpc) is 3.26. The molecule has 8 aliphatic carbocycles. The standard InChI is InChI=1S/C54H52N6/c1-5-43(31-55-13-1)59(44-6-2-14-56-32-44)41-9-11-47-49(23-41)51(53-25-35-17-36(26-53)19-37(18-35)27-53)48-12-10-42(60(45-7-3-15-57-33-45)46-8-4-16-58-34-46)24-50(48)52(47)54-28-38-20-39(29-54)22-40(21-38)30-54/h1-16,23-24,31-40H,17-22,25-30H2. The van der Waals surface area contributed by atoms with E-state index in [0.717, 1.165) is 58.3 Å². The summed E-state index contributed by atoms with van der Waals surface area (Å²) >= 11 is 0. The van der Waals surface area contributed by atoms with Crippen molar-refractivity contribution < 1.29 is 0 Å². The van der Waals surface area contributed by atoms with Crippen LogP contribution in [0.4, 0.5) is 34.1 Å². The fraction of sp³-hybridized carbons (Fsp3) is 0.370. The molecule has 3 aromatic carbocycles. The molecule has 0 unspecified atom stereocenters. The van der Waals surface area contributed by atoms with Crippen LogP contribution in [-0.2, 0) is 10.8 Å². The summed E-state index contributed by atoms with van der Waals surface area (Å²) in [6.07, 6.45) is 31.9. The van der Waals surface area contributed by atoms with E-state index < -0.39 is 0 Å². The quantitative estimate of drug-likeness (QED) is 0.143. The number of aromatic nitrogens is 4. The zero-order valence-electron chi connectivity index (χ0n) is 34.3. The molecule has 298 valence electrons. The van der Waals surface area contributed by atoms with Gasteiger partial charge < -0.3 is 9.80 Å². The summed E-state index contributed by atoms with van der Waals surface area (Å²) in [5.41, 5.74) is 10.2. The lowest BCUT2D eigenvalue weighted by Gasteiger charge is -2.59. The SMILES string of the molecule is c1cncc(N(c2cccnc2)c2ccc3c(C45CC6CC(CC(C6)C4)C5)c4cc(N(c5cccnc5)c5cccnc5)ccc4c(C45CC6CC(CC(C6)C4)C5)c3c2)c1. The van der Waals surface area contributed by atoms with E-state index in [1.54, 1.807) is 11.1 Å². The molecule has 15 rings (SSSR count). The number of nitrogens with zero attached hydrogens (tertiary/aromatic N) is 6. The molecule has 4 aromatic heterocycles. The zero-order valence-corrected chi connectivity index (χ0v) is 34.3. The Morgan fingerprint density at radius 1 is 0.350 bits per heavy atom. The summed E-state index contributed by atoms with van der Waals surface area (Å²) in [6.45, 7) is 0. The van der Waals surface area contributed by atoms with Gasteiger partial charge in [-0.05, 0) is 229 Å². The van der Waals surface area contributed by atoms with Crippen LogP contribution in [0.2, 0.25) is 0 Å². The highest BCUT2D eigenvalue weighted by Gasteiger charge is 2.55. The maximum absolute atomic E-state index is 4.62. The molecule has 0 aliphatic heterocycles. The number of pyridine rings is 4. The molecule has 8 saturated carbocycles. The van der Waals surface area contributed by atoms with Crippen molar-refractivity contribution in [2.75, 3.05) is 9.80 Å². The molecular formula is C54H52N6. The van der Waals surface area contributed by atoms with Gasteiger partial charge >= 0.3 is 0 Å². The molecule has 0 atom stereocenters. The van der Waals surface area contributed by atoms with Gasteiger partial charge in [-0.2, -0.15) is 0 Å². The van der Waals surface area contributed by atoms with Crippen LogP contribution in [0.25, 0.3) is 21.5 Å². The molecular weight excluding hydrogens is 733 g/mol. The number of hydrogen-bond donors (Lipinski definition) is 0. The lowest BCUT2D eigenvalue weighted by Crippen LogP contribution is -2.49. The highest BCUT2D eigenvalue weighted by Crippen LogP contribution is 2.66. The zero-order chi connectivity index (χ0) is 39.4. The molecule has 4 heterocycles. The number of anilines is 6. The minimum atomic E-state index is 0.172. The molecule has 8 aliphatic rings. The second-order valence-corrected chi connectivity index (χ2v) is 20.1. The van der Waals surface area contributed by atoms with Crippen molar-refractivity contribution in [3.63, 3.8) is 0 Å². The average molecular weight is 785 g/mol. The maximum atomic E-state index is 4.62. The third-order valence-electron chi connectivity index (χ3n) is 16.4. The Hall–Kier alpha value is -5.62. The summed E-state index contributed by atoms with van der Waals surface area (Å²) in [5, 5.41) is 6.00. The Kier molecular flexibility index (Phi) is 7.88. The van der Waals surface area contributed by atoms with E-state index in [9.17, 15) is 0 Å². The predicted octanol–water partition coefficient (Wildman–Crippen LogP) is 13.4. The first-order valence-corrected chi connectivity index (χ1v) is 22.8. The Bertz CT molecular complexity index is 2390. The van der Waals surface area contributed by atoms with Gasteiger partial charge in [-0.3, -0.25) is 19.9 Å². The van der Waals surface area contributed by atoms with E-state index in [4.69, 9.17) is 0 Å². The second-order valence-electron chi connectivity index (χ2n) is 20.1. The molecule has 0 N–H and O–H groups in total. The summed E-state index contributed by atoms with van der Waals surface area (Å²) in [7, 11) is 0. The van der Waals surface area contributed by atoms with Gasteiger partial charge in [-0.25, -0.2) is 0 Å². The highest BCUT2D eigenvalue weighted by atomic mass is 15.2. The smallest absolute Gasteiger partial charge is 0.0645 e. The molecule has 0 saturated heterocycles. The summed E-state index contributed by atoms with van der Waals surface area (Å²) in [6, 6.07) is 32.1. The van der Waals surface area contributed by atoms with E-state index in [1.165, 1.54) is 110 Å². The molecule has 0 amide bonds. The molecule has 6 heteroatoms. The van der Waals surface area contributed by atoms with Crippen LogP contribution in [-0.4, -0.2) is 19.9 Å². The van der Waals surface area contributed by atoms with E-state index >= 15 is 0 Å². The highest BCUT2D eigenvalue weighted by molar-refractivity contribution is 6.10. The Morgan fingerprint density at radius 3 is 0.917 bits per heavy atom. The van der Waals surface area contributed by atoms with Crippen molar-refractivity contribution in [1.29, 1.82) is 0 Å². The topological polar surface area (TPSA) is 58.0 Å². The van der Waals surface area contributed by atoms with Crippen molar-refractivity contribution in [2.24, 2.45) is 35.5 Å².